The minimum absolute atomic E-state index is 0.406. The van der Waals surface area contributed by atoms with Crippen LogP contribution in [-0.2, 0) is 6.42 Å². The number of thioether (sulfide) groups is 1. The van der Waals surface area contributed by atoms with Crippen LogP contribution in [0.2, 0.25) is 0 Å². The fraction of sp³-hybridized carbons (Fsp3) is 0.593. The van der Waals surface area contributed by atoms with Gasteiger partial charge in [0.1, 0.15) is 0 Å². The molecule has 0 aliphatic carbocycles. The highest BCUT2D eigenvalue weighted by atomic mass is 32.2. The van der Waals surface area contributed by atoms with Crippen LogP contribution in [0.3, 0.4) is 0 Å². The number of nitrogens with one attached hydrogen (secondary N) is 1. The van der Waals surface area contributed by atoms with Crippen LogP contribution in [0, 0.1) is 5.92 Å². The minimum Gasteiger partial charge on any atom is -0.385 e. The van der Waals surface area contributed by atoms with Crippen molar-refractivity contribution < 1.29 is 0 Å². The van der Waals surface area contributed by atoms with Crippen molar-refractivity contribution in [1.82, 2.24) is 15.2 Å². The molecule has 1 aliphatic heterocycles. The zero-order valence-corrected chi connectivity index (χ0v) is 22.1. The zero-order valence-electron chi connectivity index (χ0n) is 20.5. The van der Waals surface area contributed by atoms with Gasteiger partial charge in [0, 0.05) is 49.3 Å². The summed E-state index contributed by atoms with van der Waals surface area (Å²) in [5.74, 6) is 3.65. The Kier molecular flexibility index (Phi) is 9.69. The van der Waals surface area contributed by atoms with E-state index >= 15 is 0 Å². The highest BCUT2D eigenvalue weighted by Crippen LogP contribution is 2.27. The maximum absolute atomic E-state index is 4.86. The number of nitrogens with zero attached hydrogens (tertiary/aromatic N) is 2. The van der Waals surface area contributed by atoms with E-state index in [1.165, 1.54) is 45.4 Å². The SMILES string of the molecule is C=C(CC(NC(=C)CCc1nc2ccc(C(C)C)cc2s1)C(C)CC)CN1CCSCC1. The Balaban J connectivity index is 1.53. The van der Waals surface area contributed by atoms with Crippen molar-refractivity contribution in [2.45, 2.75) is 65.3 Å². The van der Waals surface area contributed by atoms with Crippen molar-refractivity contribution >= 4 is 33.3 Å². The van der Waals surface area contributed by atoms with Crippen molar-refractivity contribution in [1.29, 1.82) is 0 Å². The van der Waals surface area contributed by atoms with Crippen LogP contribution in [0.25, 0.3) is 10.2 Å². The van der Waals surface area contributed by atoms with Gasteiger partial charge in [-0.05, 0) is 42.4 Å². The Bertz CT molecular complexity index is 895. The molecular formula is C27H41N3S2. The van der Waals surface area contributed by atoms with Gasteiger partial charge < -0.3 is 5.32 Å². The average molecular weight is 472 g/mol. The Morgan fingerprint density at radius 3 is 2.62 bits per heavy atom. The Morgan fingerprint density at radius 1 is 1.19 bits per heavy atom. The van der Waals surface area contributed by atoms with Crippen molar-refractivity contribution in [3.8, 4) is 0 Å². The standard InChI is InChI=1S/C27H41N3S2/c1-7-21(5)25(16-20(4)18-30-12-14-31-15-13-30)28-22(6)8-11-27-29-24-10-9-23(19(2)3)17-26(24)32-27/h9-10,17,19,21,25,28H,4,6-8,11-16,18H2,1-3,5H3. The molecule has 1 aliphatic rings. The molecule has 2 heterocycles. The van der Waals surface area contributed by atoms with E-state index in [1.54, 1.807) is 0 Å². The molecule has 2 unspecified atom stereocenters. The third kappa shape index (κ3) is 7.36. The van der Waals surface area contributed by atoms with Crippen LogP contribution in [0.4, 0.5) is 0 Å². The van der Waals surface area contributed by atoms with Crippen LogP contribution in [0.1, 0.15) is 63.4 Å². The molecular weight excluding hydrogens is 430 g/mol. The molecule has 5 heteroatoms. The number of hydrogen-bond acceptors (Lipinski definition) is 5. The summed E-state index contributed by atoms with van der Waals surface area (Å²) < 4.78 is 1.30. The molecule has 1 saturated heterocycles. The Labute approximate surface area is 203 Å². The lowest BCUT2D eigenvalue weighted by molar-refractivity contribution is 0.314. The summed E-state index contributed by atoms with van der Waals surface area (Å²) in [6.45, 7) is 21.3. The molecule has 0 radical (unpaired) electrons. The number of aromatic nitrogens is 1. The molecule has 0 spiro atoms. The molecule has 0 saturated carbocycles. The summed E-state index contributed by atoms with van der Waals surface area (Å²) in [5, 5.41) is 4.97. The molecule has 3 nitrogen and oxygen atoms in total. The maximum atomic E-state index is 4.86. The summed E-state index contributed by atoms with van der Waals surface area (Å²) in [5.41, 5.74) is 4.98. The van der Waals surface area contributed by atoms with Crippen molar-refractivity contribution in [3.63, 3.8) is 0 Å². The molecule has 0 bridgehead atoms. The van der Waals surface area contributed by atoms with Crippen LogP contribution < -0.4 is 5.32 Å². The predicted octanol–water partition coefficient (Wildman–Crippen LogP) is 6.87. The van der Waals surface area contributed by atoms with Crippen molar-refractivity contribution in [2.24, 2.45) is 5.92 Å². The lowest BCUT2D eigenvalue weighted by atomic mass is 9.92. The molecule has 1 N–H and O–H groups in total. The second-order valence-corrected chi connectivity index (χ2v) is 11.9. The highest BCUT2D eigenvalue weighted by Gasteiger charge is 2.19. The van der Waals surface area contributed by atoms with E-state index in [9.17, 15) is 0 Å². The van der Waals surface area contributed by atoms with Crippen LogP contribution in [0.5, 0.6) is 0 Å². The second-order valence-electron chi connectivity index (χ2n) is 9.57. The van der Waals surface area contributed by atoms with Gasteiger partial charge in [0.25, 0.3) is 0 Å². The van der Waals surface area contributed by atoms with E-state index in [-0.39, 0.29) is 0 Å². The van der Waals surface area contributed by atoms with Crippen LogP contribution in [-0.4, -0.2) is 47.1 Å². The lowest BCUT2D eigenvalue weighted by Gasteiger charge is -2.31. The molecule has 1 fully saturated rings. The summed E-state index contributed by atoms with van der Waals surface area (Å²) in [6.07, 6.45) is 4.06. The largest absolute Gasteiger partial charge is 0.385 e. The van der Waals surface area contributed by atoms with Gasteiger partial charge in [-0.3, -0.25) is 4.90 Å². The fourth-order valence-electron chi connectivity index (χ4n) is 4.18. The number of thiazole rings is 1. The molecule has 0 amide bonds. The maximum Gasteiger partial charge on any atom is 0.0942 e. The quantitative estimate of drug-likeness (QED) is 0.342. The minimum atomic E-state index is 0.406. The fourth-order valence-corrected chi connectivity index (χ4v) is 6.17. The van der Waals surface area contributed by atoms with Gasteiger partial charge in [-0.25, -0.2) is 4.98 Å². The smallest absolute Gasteiger partial charge is 0.0942 e. The average Bonchev–Trinajstić information content (AvgIpc) is 3.19. The van der Waals surface area contributed by atoms with Gasteiger partial charge in [-0.15, -0.1) is 11.3 Å². The monoisotopic (exact) mass is 471 g/mol. The Morgan fingerprint density at radius 2 is 1.94 bits per heavy atom. The first-order valence-corrected chi connectivity index (χ1v) is 14.1. The van der Waals surface area contributed by atoms with E-state index in [0.29, 0.717) is 17.9 Å². The van der Waals surface area contributed by atoms with Gasteiger partial charge in [-0.2, -0.15) is 11.8 Å². The van der Waals surface area contributed by atoms with Gasteiger partial charge >= 0.3 is 0 Å². The summed E-state index contributed by atoms with van der Waals surface area (Å²) in [7, 11) is 0. The lowest BCUT2D eigenvalue weighted by Crippen LogP contribution is -2.38. The zero-order chi connectivity index (χ0) is 23.1. The first-order chi connectivity index (χ1) is 15.4. The van der Waals surface area contributed by atoms with Gasteiger partial charge in [0.05, 0.1) is 15.2 Å². The van der Waals surface area contributed by atoms with E-state index in [2.05, 4.69) is 81.0 Å². The van der Waals surface area contributed by atoms with Crippen molar-refractivity contribution in [2.75, 3.05) is 31.1 Å². The third-order valence-corrected chi connectivity index (χ3v) is 8.56. The number of rotatable bonds is 12. The molecule has 1 aromatic carbocycles. The van der Waals surface area contributed by atoms with Crippen molar-refractivity contribution in [3.05, 3.63) is 53.2 Å². The number of benzene rings is 1. The molecule has 176 valence electrons. The molecule has 32 heavy (non-hydrogen) atoms. The molecule has 3 rings (SSSR count). The van der Waals surface area contributed by atoms with E-state index < -0.39 is 0 Å². The van der Waals surface area contributed by atoms with E-state index in [4.69, 9.17) is 4.98 Å². The predicted molar refractivity (Wildman–Crippen MR) is 145 cm³/mol. The Hall–Kier alpha value is -1.30. The summed E-state index contributed by atoms with van der Waals surface area (Å²) in [4.78, 5) is 7.41. The van der Waals surface area contributed by atoms with Gasteiger partial charge in [0.2, 0.25) is 0 Å². The second kappa shape index (κ2) is 12.2. The summed E-state index contributed by atoms with van der Waals surface area (Å²) >= 11 is 3.89. The topological polar surface area (TPSA) is 28.2 Å². The van der Waals surface area contributed by atoms with Gasteiger partial charge in [-0.1, -0.05) is 58.9 Å². The first kappa shape index (κ1) is 25.3. The molecule has 2 atom stereocenters. The normalized spacial score (nSPS) is 16.9. The number of fused-ring (bicyclic) bond motifs is 1. The first-order valence-electron chi connectivity index (χ1n) is 12.2. The molecule has 2 aromatic rings. The van der Waals surface area contributed by atoms with Crippen LogP contribution in [0.15, 0.2) is 42.6 Å². The van der Waals surface area contributed by atoms with Gasteiger partial charge in [0.15, 0.2) is 0 Å². The third-order valence-electron chi connectivity index (χ3n) is 6.54. The highest BCUT2D eigenvalue weighted by molar-refractivity contribution is 7.99. The van der Waals surface area contributed by atoms with Crippen LogP contribution >= 0.6 is 23.1 Å². The number of aryl methyl sites for hydroxylation is 1. The number of allylic oxidation sites excluding steroid dienone is 1. The number of hydrogen-bond donors (Lipinski definition) is 1. The molecule has 1 aromatic heterocycles. The van der Waals surface area contributed by atoms with E-state index in [1.807, 2.05) is 11.3 Å². The summed E-state index contributed by atoms with van der Waals surface area (Å²) in [6, 6.07) is 7.09. The van der Waals surface area contributed by atoms with E-state index in [0.717, 1.165) is 43.4 Å².